The fourth-order valence-electron chi connectivity index (χ4n) is 9.75. The fraction of sp³-hybridized carbons (Fsp3) is 0.0612. The molecule has 0 fully saturated rings. The Bertz CT molecular complexity index is 3200. The van der Waals surface area contributed by atoms with Crippen LogP contribution in [0, 0.1) is 12.4 Å². The van der Waals surface area contributed by atoms with Gasteiger partial charge in [-0.05, 0) is 68.4 Å². The van der Waals surface area contributed by atoms with Crippen molar-refractivity contribution in [2.24, 2.45) is 0 Å². The molecular weight excluding hydrogens is 925 g/mol. The number of aromatic hydroxyl groups is 1. The molecule has 0 saturated carbocycles. The van der Waals surface area contributed by atoms with E-state index in [0.717, 1.165) is 61.2 Å². The van der Waals surface area contributed by atoms with E-state index in [4.69, 9.17) is 9.72 Å². The zero-order valence-corrected chi connectivity index (χ0v) is 35.7. The molecule has 3 aliphatic rings. The van der Waals surface area contributed by atoms with Crippen LogP contribution in [0.15, 0.2) is 152 Å². The van der Waals surface area contributed by atoms with Gasteiger partial charge >= 0.3 is 28.0 Å². The minimum Gasteiger partial charge on any atom is -0.508 e. The number of phenolic OH excluding ortho intramolecular Hbond substituents is 1. The van der Waals surface area contributed by atoms with Gasteiger partial charge in [0, 0.05) is 24.0 Å². The first-order valence-corrected chi connectivity index (χ1v) is 22.6. The SMILES string of the molecule is CN1B(c2ccccc2)n2ccnc2-c2[c-]c(Oc3ccc4c(c3O)-n3[c-][n+]5c6c(ccc(c63)[Si]4(C)C)-c3ccccc3-c3ccccc3-c3ccccc3-5)ccc21.[Pt+2]. The van der Waals surface area contributed by atoms with Gasteiger partial charge in [0.15, 0.2) is 11.5 Å². The summed E-state index contributed by atoms with van der Waals surface area (Å²) in [6.45, 7) is 4.69. The standard InChI is InChI=1S/C49H35BN5O2Si.Pt/c1-52-40-23-21-32(29-39(40)49-51-27-28-55(49)50(52)31-13-5-4-6-14-31)57-42-24-26-44-47(48(42)56)54-30-53-41-20-12-11-19-37(41)35-17-9-7-15-33(35)34-16-8-10-18-36(34)38-22-25-43(58(44,2)3)46(54)45(38)53;/h4-28,56H,1-3H3;/q-1;+2. The molecule has 12 rings (SSSR count). The Morgan fingerprint density at radius 2 is 1.36 bits per heavy atom. The minimum absolute atomic E-state index is 0. The van der Waals surface area contributed by atoms with Crippen molar-refractivity contribution in [3.63, 3.8) is 0 Å². The summed E-state index contributed by atoms with van der Waals surface area (Å²) in [5.74, 6) is 1.74. The van der Waals surface area contributed by atoms with Crippen LogP contribution in [0.5, 0.6) is 17.2 Å². The second-order valence-corrected chi connectivity index (χ2v) is 20.2. The summed E-state index contributed by atoms with van der Waals surface area (Å²) >= 11 is 0. The van der Waals surface area contributed by atoms with Gasteiger partial charge in [-0.2, -0.15) is 0 Å². The number of aromatic nitrogens is 4. The van der Waals surface area contributed by atoms with Crippen molar-refractivity contribution in [3.05, 3.63) is 164 Å². The van der Waals surface area contributed by atoms with E-state index >= 15 is 0 Å². The van der Waals surface area contributed by atoms with Crippen LogP contribution in [0.2, 0.25) is 13.1 Å². The fourth-order valence-corrected chi connectivity index (χ4v) is 12.7. The van der Waals surface area contributed by atoms with Gasteiger partial charge in [0.1, 0.15) is 13.8 Å². The van der Waals surface area contributed by atoms with Crippen molar-refractivity contribution in [3.8, 4) is 73.4 Å². The quantitative estimate of drug-likeness (QED) is 0.111. The first-order valence-electron chi connectivity index (χ1n) is 19.6. The summed E-state index contributed by atoms with van der Waals surface area (Å²) in [5.41, 5.74) is 13.8. The van der Waals surface area contributed by atoms with Crippen LogP contribution >= 0.6 is 0 Å². The third-order valence-electron chi connectivity index (χ3n) is 12.5. The molecule has 5 heterocycles. The van der Waals surface area contributed by atoms with Gasteiger partial charge in [-0.25, -0.2) is 0 Å². The number of ether oxygens (including phenoxy) is 1. The van der Waals surface area contributed by atoms with Gasteiger partial charge in [0.05, 0.1) is 16.7 Å². The Hall–Kier alpha value is -6.41. The molecular formula is C49H35BN5O2PtSi+. The molecule has 3 aliphatic heterocycles. The number of phenols is 1. The normalized spacial score (nSPS) is 13.7. The van der Waals surface area contributed by atoms with Crippen molar-refractivity contribution in [1.82, 2.24) is 14.0 Å². The Kier molecular flexibility index (Phi) is 7.90. The van der Waals surface area contributed by atoms with Crippen LogP contribution in [0.1, 0.15) is 0 Å². The maximum atomic E-state index is 12.5. The largest absolute Gasteiger partial charge is 2.00 e. The van der Waals surface area contributed by atoms with Gasteiger partial charge in [-0.1, -0.05) is 152 Å². The van der Waals surface area contributed by atoms with Crippen LogP contribution in [0.3, 0.4) is 0 Å². The van der Waals surface area contributed by atoms with Gasteiger partial charge in [-0.3, -0.25) is 14.1 Å². The Balaban J connectivity index is 0.00000397. The first-order chi connectivity index (χ1) is 28.4. The molecule has 0 bridgehead atoms. The molecule has 0 radical (unpaired) electrons. The van der Waals surface area contributed by atoms with Crippen molar-refractivity contribution in [1.29, 1.82) is 0 Å². The van der Waals surface area contributed by atoms with E-state index in [0.29, 0.717) is 17.2 Å². The minimum atomic E-state index is -2.38. The average molecular weight is 960 g/mol. The molecule has 0 aliphatic carbocycles. The summed E-state index contributed by atoms with van der Waals surface area (Å²) in [6, 6.07) is 52.6. The second kappa shape index (κ2) is 13.0. The number of benzene rings is 7. The van der Waals surface area contributed by atoms with E-state index in [-0.39, 0.29) is 33.8 Å². The Labute approximate surface area is 357 Å². The molecule has 2 aromatic heterocycles. The van der Waals surface area contributed by atoms with Crippen molar-refractivity contribution < 1.29 is 35.5 Å². The number of hydrogen-bond donors (Lipinski definition) is 1. The number of nitrogens with zero attached hydrogens (tertiary/aromatic N) is 5. The third-order valence-corrected chi connectivity index (χ3v) is 16.0. The molecule has 0 amide bonds. The Morgan fingerprint density at radius 1 is 0.712 bits per heavy atom. The summed E-state index contributed by atoms with van der Waals surface area (Å²) in [5, 5.41) is 14.9. The van der Waals surface area contributed by atoms with E-state index in [1.807, 2.05) is 30.6 Å². The van der Waals surface area contributed by atoms with Crippen LogP contribution < -0.4 is 30.0 Å². The third kappa shape index (κ3) is 4.98. The maximum Gasteiger partial charge on any atom is 2.00 e. The maximum absolute atomic E-state index is 12.5. The molecule has 7 aromatic carbocycles. The molecule has 0 saturated heterocycles. The zero-order valence-electron chi connectivity index (χ0n) is 32.4. The van der Waals surface area contributed by atoms with Crippen LogP contribution in [0.4, 0.5) is 5.69 Å². The molecule has 9 aromatic rings. The average Bonchev–Trinajstić information content (AvgIpc) is 3.91. The van der Waals surface area contributed by atoms with Gasteiger partial charge in [0.25, 0.3) is 6.33 Å². The summed E-state index contributed by atoms with van der Waals surface area (Å²) < 4.78 is 13.1. The predicted molar refractivity (Wildman–Crippen MR) is 234 cm³/mol. The molecule has 0 spiro atoms. The van der Waals surface area contributed by atoms with Crippen molar-refractivity contribution in [2.45, 2.75) is 13.1 Å². The second-order valence-electron chi connectivity index (χ2n) is 15.9. The molecule has 59 heavy (non-hydrogen) atoms. The number of imidazole rings is 2. The first kappa shape index (κ1) is 35.7. The van der Waals surface area contributed by atoms with E-state index in [1.165, 1.54) is 21.8 Å². The van der Waals surface area contributed by atoms with E-state index < -0.39 is 8.07 Å². The summed E-state index contributed by atoms with van der Waals surface area (Å²) in [4.78, 5) is 7.01. The molecule has 284 valence electrons. The van der Waals surface area contributed by atoms with E-state index in [2.05, 4.69) is 172 Å². The number of fused-ring (bicyclic) bond motifs is 12. The van der Waals surface area contributed by atoms with Crippen molar-refractivity contribution >= 4 is 47.6 Å². The smallest absolute Gasteiger partial charge is 0.508 e. The topological polar surface area (TPSA) is 59.3 Å². The van der Waals surface area contributed by atoms with E-state index in [1.54, 1.807) is 0 Å². The number of anilines is 1. The molecule has 0 unspecified atom stereocenters. The summed E-state index contributed by atoms with van der Waals surface area (Å²) in [7, 11) is -0.289. The van der Waals surface area contributed by atoms with E-state index in [9.17, 15) is 5.11 Å². The predicted octanol–water partition coefficient (Wildman–Crippen LogP) is 8.01. The molecule has 0 atom stereocenters. The van der Waals surface area contributed by atoms with Gasteiger partial charge in [-0.15, -0.1) is 6.07 Å². The van der Waals surface area contributed by atoms with Crippen LogP contribution in [-0.2, 0) is 21.1 Å². The monoisotopic (exact) mass is 959 g/mol. The Morgan fingerprint density at radius 3 is 2.10 bits per heavy atom. The van der Waals surface area contributed by atoms with Gasteiger partial charge < -0.3 is 19.1 Å². The number of para-hydroxylation sites is 1. The van der Waals surface area contributed by atoms with Gasteiger partial charge in [0.2, 0.25) is 0 Å². The van der Waals surface area contributed by atoms with Crippen LogP contribution in [0.25, 0.3) is 67.2 Å². The number of hydrogen-bond acceptors (Lipinski definition) is 4. The zero-order chi connectivity index (χ0) is 38.9. The number of rotatable bonds is 3. The van der Waals surface area contributed by atoms with Crippen molar-refractivity contribution in [2.75, 3.05) is 11.9 Å². The molecule has 1 N–H and O–H groups in total. The molecule has 10 heteroatoms. The molecule has 7 nitrogen and oxygen atoms in total. The summed E-state index contributed by atoms with van der Waals surface area (Å²) in [6.07, 6.45) is 7.64. The van der Waals surface area contributed by atoms with Crippen LogP contribution in [-0.4, -0.2) is 41.2 Å².